The number of nitrogens with zero attached hydrogens (tertiary/aromatic N) is 10. The zero-order chi connectivity index (χ0) is 95.4. The molecule has 0 bridgehead atoms. The molecule has 137 heavy (non-hydrogen) atoms. The minimum atomic E-state index is -3.94. The molecule has 2 saturated carbocycles. The molecule has 2 aliphatic carbocycles. The summed E-state index contributed by atoms with van der Waals surface area (Å²) in [5, 5.41) is 27.1. The van der Waals surface area contributed by atoms with Crippen LogP contribution >= 0.6 is 0 Å². The molecule has 8 aliphatic heterocycles. The number of sulfonamides is 2. The van der Waals surface area contributed by atoms with E-state index in [1.165, 1.54) is 127 Å². The van der Waals surface area contributed by atoms with E-state index < -0.39 is 25.9 Å². The highest BCUT2D eigenvalue weighted by Gasteiger charge is 2.55. The molecule has 4 amide bonds. The largest absolute Gasteiger partial charge is 0.395 e. The molecule has 728 valence electrons. The van der Waals surface area contributed by atoms with E-state index in [-0.39, 0.29) is 89.2 Å². The maximum atomic E-state index is 14.5. The Morgan fingerprint density at radius 3 is 1.12 bits per heavy atom. The maximum absolute atomic E-state index is 14.5. The zero-order valence-corrected chi connectivity index (χ0v) is 82.6. The number of halogens is 1. The first-order valence-corrected chi connectivity index (χ1v) is 53.2. The first kappa shape index (κ1) is 98.8. The number of rotatable bonds is 20. The Bertz CT molecular complexity index is 5920. The Kier molecular flexibility index (Phi) is 32.6. The van der Waals surface area contributed by atoms with Crippen LogP contribution in [0.25, 0.3) is 44.5 Å². The summed E-state index contributed by atoms with van der Waals surface area (Å²) >= 11 is 0. The summed E-state index contributed by atoms with van der Waals surface area (Å²) in [7, 11) is -2.32. The van der Waals surface area contributed by atoms with Crippen LogP contribution in [0.5, 0.6) is 0 Å². The van der Waals surface area contributed by atoms with Crippen molar-refractivity contribution in [3.63, 3.8) is 0 Å². The van der Waals surface area contributed by atoms with E-state index >= 15 is 0 Å². The maximum Gasteiger partial charge on any atom is 0.317 e. The number of carbonyl (C=O) groups excluding carboxylic acids is 2. The van der Waals surface area contributed by atoms with Gasteiger partial charge in [0.2, 0.25) is 10.0 Å². The van der Waals surface area contributed by atoms with Gasteiger partial charge in [-0.3, -0.25) is 19.6 Å². The normalized spacial score (nSPS) is 24.9. The summed E-state index contributed by atoms with van der Waals surface area (Å²) in [6.07, 6.45) is 20.1. The lowest BCUT2D eigenvalue weighted by molar-refractivity contribution is -0.0668. The van der Waals surface area contributed by atoms with Crippen molar-refractivity contribution in [2.24, 2.45) is 7.05 Å². The first-order valence-electron chi connectivity index (χ1n) is 50.3. The van der Waals surface area contributed by atoms with Gasteiger partial charge in [-0.2, -0.15) is 8.61 Å². The van der Waals surface area contributed by atoms with Crippen LogP contribution in [0.15, 0.2) is 241 Å². The van der Waals surface area contributed by atoms with Crippen LogP contribution in [0.4, 0.5) is 14.0 Å². The monoisotopic (exact) mass is 1900 g/mol. The number of hydrogen-bond donors (Lipinski definition) is 4. The van der Waals surface area contributed by atoms with E-state index in [2.05, 4.69) is 250 Å². The fraction of sp³-hybridized carbons (Fsp3) is 0.473. The number of aryl methyl sites for hydroxylation is 5. The van der Waals surface area contributed by atoms with Gasteiger partial charge >= 0.3 is 12.1 Å². The molecule has 20 rings (SSSR count). The molecule has 22 nitrogen and oxygen atoms in total. The number of amides is 4. The van der Waals surface area contributed by atoms with Crippen molar-refractivity contribution < 1.29 is 50.5 Å². The molecule has 10 aliphatic rings. The van der Waals surface area contributed by atoms with Crippen molar-refractivity contribution in [1.82, 2.24) is 58.2 Å². The molecule has 0 unspecified atom stereocenters. The van der Waals surface area contributed by atoms with Gasteiger partial charge in [0.05, 0.1) is 32.8 Å². The zero-order valence-electron chi connectivity index (χ0n) is 81.0. The fourth-order valence-electron chi connectivity index (χ4n) is 24.0. The summed E-state index contributed by atoms with van der Waals surface area (Å²) in [5.74, 6) is 0.139. The van der Waals surface area contributed by atoms with E-state index in [9.17, 15) is 41.0 Å². The number of fused-ring (bicyclic) bond motifs is 4. The Labute approximate surface area is 812 Å². The van der Waals surface area contributed by atoms with E-state index in [0.717, 1.165) is 153 Å². The van der Waals surface area contributed by atoms with Crippen molar-refractivity contribution in [3.8, 4) is 44.5 Å². The predicted molar refractivity (Wildman–Crippen MR) is 541 cm³/mol. The van der Waals surface area contributed by atoms with E-state index in [4.69, 9.17) is 9.47 Å². The average molecular weight is 1900 g/mol. The van der Waals surface area contributed by atoms with Gasteiger partial charge in [-0.1, -0.05) is 238 Å². The average Bonchev–Trinajstić information content (AvgIpc) is 1.17. The number of hydrogen-bond acceptors (Lipinski definition) is 15. The fourth-order valence-corrected chi connectivity index (χ4v) is 27.0. The summed E-state index contributed by atoms with van der Waals surface area (Å²) in [4.78, 5) is 43.9. The summed E-state index contributed by atoms with van der Waals surface area (Å²) in [6, 6.07) is 76.9. The molecule has 8 saturated heterocycles. The van der Waals surface area contributed by atoms with Gasteiger partial charge in [0.25, 0.3) is 10.0 Å². The van der Waals surface area contributed by atoms with Gasteiger partial charge in [0, 0.05) is 164 Å². The van der Waals surface area contributed by atoms with Crippen molar-refractivity contribution >= 4 is 32.1 Å². The molecular weight excluding hydrogens is 1760 g/mol. The number of imidazole rings is 1. The van der Waals surface area contributed by atoms with Gasteiger partial charge in [0.15, 0.2) is 5.03 Å². The number of nitrogens with one attached hydrogen (secondary N) is 2. The van der Waals surface area contributed by atoms with E-state index in [1.807, 2.05) is 17.0 Å². The number of benzene rings is 9. The molecule has 0 radical (unpaired) electrons. The van der Waals surface area contributed by atoms with Crippen molar-refractivity contribution in [3.05, 3.63) is 281 Å². The van der Waals surface area contributed by atoms with Crippen LogP contribution in [-0.4, -0.2) is 266 Å². The first-order chi connectivity index (χ1) is 66.6. The lowest BCUT2D eigenvalue weighted by atomic mass is 9.74. The summed E-state index contributed by atoms with van der Waals surface area (Å²) in [6.45, 7) is 18.8. The molecular formula is C112H141FN12O10S2. The third-order valence-corrected chi connectivity index (χ3v) is 34.9. The predicted octanol–water partition coefficient (Wildman–Crippen LogP) is 17.8. The van der Waals surface area contributed by atoms with Crippen LogP contribution in [0.3, 0.4) is 0 Å². The molecule has 0 spiro atoms. The third-order valence-electron chi connectivity index (χ3n) is 31.3. The summed E-state index contributed by atoms with van der Waals surface area (Å²) < 4.78 is 84.1. The second-order valence-electron chi connectivity index (χ2n) is 39.8. The Hall–Kier alpha value is -9.84. The third kappa shape index (κ3) is 22.0. The standard InChI is InChI=1S/C29H33FN2O3S.C29H39N3O2.C28H37N3O2.C26H32N4O3S/c1-21-8-7-9-24(18-21)22-12-14-23(15-13-22)29-26-19-31(16-5-6-17-32(26)27(29)20-35-2)36(33,34)28-11-4-3-10-25(28)30;1-21-9-3-6-12-25(21)22-13-15-23(16-14-22)28-26-19-31(29(33)30-24-10-4-5-11-24)17-7-8-18-32(26)27(28)20-34-2;1-20-8-2-5-11-24(20)21-12-14-22(15-13-21)27-25-18-30(28(33)29-23-9-3-4-10-23)16-6-7-17-31(25)26(27)19-32;1-19-7-3-4-8-22(19)20-9-11-21(12-10-20)26-23-15-29(13-5-6-14-30(23)24(26)17-31)34(32,33)25-16-28(2)18-27-25/h3-4,7-15,18,26-27,29H,5-6,16-17,19-20H2,1-2H3;3,6,9,12-16,24,26-28H,4-5,7-8,10-11,17-20H2,1-2H3,(H,30,33);2,5,8,11-15,23,25-27,32H,3-4,6-7,9-10,16-19H2,1H3,(H,29,33);3-4,7-12,16,18,23-24,26,31H,5-6,13-15,17H2,1-2H3/t26-,27-,29-;26-,27-,28-;25-,26-,27+;23-,24-,26-/m0111/s1. The molecule has 10 aromatic rings. The van der Waals surface area contributed by atoms with Crippen molar-refractivity contribution in [1.29, 1.82) is 0 Å². The molecule has 1 aromatic heterocycles. The van der Waals surface area contributed by atoms with Crippen LogP contribution in [0, 0.1) is 33.5 Å². The van der Waals surface area contributed by atoms with Crippen LogP contribution in [0.2, 0.25) is 0 Å². The minimum absolute atomic E-state index is 0.00631. The van der Waals surface area contributed by atoms with Crippen molar-refractivity contribution in [2.75, 3.05) is 119 Å². The second-order valence-corrected chi connectivity index (χ2v) is 43.6. The highest BCUT2D eigenvalue weighted by Crippen LogP contribution is 2.49. The minimum Gasteiger partial charge on any atom is -0.395 e. The topological polar surface area (TPSA) is 229 Å². The number of methoxy groups -OCH3 is 2. The molecule has 10 fully saturated rings. The quantitative estimate of drug-likeness (QED) is 0.0556. The lowest BCUT2D eigenvalue weighted by Gasteiger charge is -2.57. The highest BCUT2D eigenvalue weighted by atomic mass is 32.2. The lowest BCUT2D eigenvalue weighted by Crippen LogP contribution is -2.68. The number of ether oxygens (including phenoxy) is 2. The van der Waals surface area contributed by atoms with Gasteiger partial charge in [-0.05, 0) is 227 Å². The number of aromatic nitrogens is 2. The molecule has 9 aromatic carbocycles. The van der Waals surface area contributed by atoms with Gasteiger partial charge < -0.3 is 44.7 Å². The van der Waals surface area contributed by atoms with E-state index in [1.54, 1.807) is 42.4 Å². The van der Waals surface area contributed by atoms with E-state index in [0.29, 0.717) is 62.9 Å². The molecule has 25 heteroatoms. The van der Waals surface area contributed by atoms with Crippen LogP contribution < -0.4 is 10.6 Å². The highest BCUT2D eigenvalue weighted by molar-refractivity contribution is 7.89. The molecule has 12 atom stereocenters. The summed E-state index contributed by atoms with van der Waals surface area (Å²) in [5.41, 5.74) is 19.7. The second kappa shape index (κ2) is 45.2. The smallest absolute Gasteiger partial charge is 0.317 e. The Balaban J connectivity index is 0.000000127. The SMILES string of the molecule is COC[C@@H]1[C@H](c2ccc(-c3ccccc3C)cc2)[C@H]2CN(C(=O)NC3CCCC3)CCCCN12.COC[C@H]1[C@@H](c2ccc(-c3cccc(C)c3)cc2)[C@@H]2CN(S(=O)(=O)c3ccccc3F)CCCCN12.Cc1ccccc1-c1ccc([C@@H]2[C@@H](CO)N3CCCCN(C(=O)NC4CCCC4)C[C@H]23)cc1.Cc1ccccc1-c1ccc([C@H]2[C@@H](CO)N3CCCCN(S(=O)(=O)c4cn(C)cn4)C[C@H]23)cc1. The number of aliphatic hydroxyl groups excluding tert-OH is 2. The number of carbonyl (C=O) groups is 2. The number of aliphatic hydroxyl groups is 2. The van der Waals surface area contributed by atoms with Crippen molar-refractivity contribution in [2.45, 2.75) is 224 Å². The van der Waals surface area contributed by atoms with Crippen LogP contribution in [0.1, 0.15) is 171 Å². The number of urea groups is 2. The van der Waals surface area contributed by atoms with Crippen LogP contribution in [-0.2, 0) is 36.6 Å². The Morgan fingerprint density at radius 2 is 0.745 bits per heavy atom. The van der Waals surface area contributed by atoms with Gasteiger partial charge in [-0.15, -0.1) is 0 Å². The Morgan fingerprint density at radius 1 is 0.394 bits per heavy atom. The van der Waals surface area contributed by atoms with Gasteiger partial charge in [0.1, 0.15) is 10.7 Å². The van der Waals surface area contributed by atoms with Gasteiger partial charge in [-0.25, -0.2) is 35.8 Å². The molecule has 9 heterocycles. The molecule has 4 N–H and O–H groups in total.